The van der Waals surface area contributed by atoms with E-state index in [9.17, 15) is 19.2 Å². The molecule has 2 aliphatic heterocycles. The molecule has 0 bridgehead atoms. The average Bonchev–Trinajstić information content (AvgIpc) is 2.67. The van der Waals surface area contributed by atoms with Gasteiger partial charge in [0, 0.05) is 26.2 Å². The molecule has 0 aromatic rings. The van der Waals surface area contributed by atoms with Gasteiger partial charge in [0.15, 0.2) is 0 Å². The first kappa shape index (κ1) is 20.2. The molecule has 0 saturated carbocycles. The van der Waals surface area contributed by atoms with E-state index in [4.69, 9.17) is 9.47 Å². The van der Waals surface area contributed by atoms with Crippen molar-refractivity contribution in [2.45, 2.75) is 39.5 Å². The normalized spacial score (nSPS) is 23.3. The third-order valence-corrected chi connectivity index (χ3v) is 4.84. The topological polar surface area (TPSA) is 93.2 Å². The van der Waals surface area contributed by atoms with Crippen LogP contribution in [0.15, 0.2) is 0 Å². The van der Waals surface area contributed by atoms with Crippen LogP contribution in [0.5, 0.6) is 0 Å². The molecule has 0 radical (unpaired) electrons. The van der Waals surface area contributed by atoms with E-state index in [0.717, 1.165) is 0 Å². The first-order chi connectivity index (χ1) is 12.5. The molecule has 2 amide bonds. The fourth-order valence-electron chi connectivity index (χ4n) is 3.50. The number of hydrogen-bond donors (Lipinski definition) is 0. The Kier molecular flexibility index (Phi) is 7.41. The zero-order chi connectivity index (χ0) is 19.1. The lowest BCUT2D eigenvalue weighted by Crippen LogP contribution is -2.52. The fourth-order valence-corrected chi connectivity index (χ4v) is 3.50. The van der Waals surface area contributed by atoms with Gasteiger partial charge in [0.25, 0.3) is 0 Å². The van der Waals surface area contributed by atoms with Crippen LogP contribution >= 0.6 is 0 Å². The molecular formula is C18H28N2O6. The van der Waals surface area contributed by atoms with Gasteiger partial charge >= 0.3 is 23.8 Å². The van der Waals surface area contributed by atoms with Gasteiger partial charge in [-0.25, -0.2) is 0 Å². The van der Waals surface area contributed by atoms with E-state index < -0.39 is 11.8 Å². The van der Waals surface area contributed by atoms with Crippen LogP contribution in [0.25, 0.3) is 0 Å². The summed E-state index contributed by atoms with van der Waals surface area (Å²) < 4.78 is 10.1. The lowest BCUT2D eigenvalue weighted by Gasteiger charge is -2.35. The second-order valence-electron chi connectivity index (χ2n) is 6.68. The highest BCUT2D eigenvalue weighted by molar-refractivity contribution is 6.35. The molecule has 2 unspecified atom stereocenters. The van der Waals surface area contributed by atoms with Gasteiger partial charge in [-0.15, -0.1) is 0 Å². The van der Waals surface area contributed by atoms with Gasteiger partial charge in [0.05, 0.1) is 25.0 Å². The zero-order valence-corrected chi connectivity index (χ0v) is 15.6. The number of carbonyl (C=O) groups is 4. The molecule has 0 aliphatic carbocycles. The highest BCUT2D eigenvalue weighted by atomic mass is 16.5. The molecule has 2 aliphatic rings. The van der Waals surface area contributed by atoms with Crippen molar-refractivity contribution in [1.29, 1.82) is 0 Å². The third-order valence-electron chi connectivity index (χ3n) is 4.84. The lowest BCUT2D eigenvalue weighted by atomic mass is 9.97. The molecule has 8 nitrogen and oxygen atoms in total. The number of carbonyl (C=O) groups excluding carboxylic acids is 4. The van der Waals surface area contributed by atoms with Gasteiger partial charge in [-0.2, -0.15) is 0 Å². The van der Waals surface area contributed by atoms with Gasteiger partial charge in [0.2, 0.25) is 0 Å². The molecule has 0 N–H and O–H groups in total. The van der Waals surface area contributed by atoms with Crippen LogP contribution in [0.3, 0.4) is 0 Å². The Bertz CT molecular complexity index is 502. The number of hydrogen-bond acceptors (Lipinski definition) is 6. The Hall–Kier alpha value is -2.12. The molecule has 0 aromatic carbocycles. The summed E-state index contributed by atoms with van der Waals surface area (Å²) in [6, 6.07) is 0. The molecule has 2 rings (SSSR count). The minimum atomic E-state index is -0.608. The predicted molar refractivity (Wildman–Crippen MR) is 91.9 cm³/mol. The highest BCUT2D eigenvalue weighted by Crippen LogP contribution is 2.21. The Morgan fingerprint density at radius 1 is 0.769 bits per heavy atom. The van der Waals surface area contributed by atoms with Crippen molar-refractivity contribution in [3.05, 3.63) is 0 Å². The maximum atomic E-state index is 12.6. The van der Waals surface area contributed by atoms with E-state index in [2.05, 4.69) is 0 Å². The van der Waals surface area contributed by atoms with Crippen molar-refractivity contribution < 1.29 is 28.7 Å². The summed E-state index contributed by atoms with van der Waals surface area (Å²) in [4.78, 5) is 51.9. The Morgan fingerprint density at radius 3 is 1.50 bits per heavy atom. The van der Waals surface area contributed by atoms with E-state index in [1.54, 1.807) is 13.8 Å². The van der Waals surface area contributed by atoms with Crippen LogP contribution in [-0.2, 0) is 28.7 Å². The third kappa shape index (κ3) is 4.95. The molecule has 2 heterocycles. The van der Waals surface area contributed by atoms with E-state index in [-0.39, 0.29) is 36.9 Å². The van der Waals surface area contributed by atoms with E-state index in [1.807, 2.05) is 0 Å². The van der Waals surface area contributed by atoms with Crippen molar-refractivity contribution >= 4 is 23.8 Å². The summed E-state index contributed by atoms with van der Waals surface area (Å²) in [6.07, 6.45) is 2.64. The van der Waals surface area contributed by atoms with Crippen LogP contribution in [0.1, 0.15) is 39.5 Å². The second kappa shape index (κ2) is 9.54. The molecule has 146 valence electrons. The van der Waals surface area contributed by atoms with Crippen molar-refractivity contribution in [2.75, 3.05) is 39.4 Å². The van der Waals surface area contributed by atoms with Gasteiger partial charge in [-0.1, -0.05) is 0 Å². The first-order valence-corrected chi connectivity index (χ1v) is 9.39. The number of esters is 2. The van der Waals surface area contributed by atoms with E-state index in [0.29, 0.717) is 52.0 Å². The summed E-state index contributed by atoms with van der Waals surface area (Å²) in [5, 5.41) is 0. The van der Waals surface area contributed by atoms with Crippen LogP contribution in [0.4, 0.5) is 0 Å². The van der Waals surface area contributed by atoms with Gasteiger partial charge in [0.1, 0.15) is 0 Å². The fraction of sp³-hybridized carbons (Fsp3) is 0.778. The number of rotatable bonds is 4. The van der Waals surface area contributed by atoms with Crippen LogP contribution in [0, 0.1) is 11.8 Å². The Balaban J connectivity index is 1.94. The lowest BCUT2D eigenvalue weighted by molar-refractivity contribution is -0.159. The number of nitrogens with zero attached hydrogens (tertiary/aromatic N) is 2. The Labute approximate surface area is 153 Å². The molecule has 2 fully saturated rings. The second-order valence-corrected chi connectivity index (χ2v) is 6.68. The van der Waals surface area contributed by atoms with Crippen LogP contribution < -0.4 is 0 Å². The molecule has 0 spiro atoms. The summed E-state index contributed by atoms with van der Waals surface area (Å²) in [5.41, 5.74) is 0. The largest absolute Gasteiger partial charge is 0.466 e. The molecule has 8 heteroatoms. The molecule has 26 heavy (non-hydrogen) atoms. The number of ether oxygens (including phenoxy) is 2. The van der Waals surface area contributed by atoms with Crippen molar-refractivity contribution in [1.82, 2.24) is 9.80 Å². The van der Waals surface area contributed by atoms with E-state index >= 15 is 0 Å². The SMILES string of the molecule is CCOC(=O)C1CCCN(C(=O)C(=O)N2CCCC(C(=O)OCC)C2)C1. The highest BCUT2D eigenvalue weighted by Gasteiger charge is 2.36. The Morgan fingerprint density at radius 2 is 1.15 bits per heavy atom. The molecular weight excluding hydrogens is 340 g/mol. The molecule has 2 saturated heterocycles. The summed E-state index contributed by atoms with van der Waals surface area (Å²) in [6.45, 7) is 5.39. The summed E-state index contributed by atoms with van der Waals surface area (Å²) in [5.74, 6) is -2.62. The zero-order valence-electron chi connectivity index (χ0n) is 15.6. The van der Waals surface area contributed by atoms with Crippen LogP contribution in [0.2, 0.25) is 0 Å². The quantitative estimate of drug-likeness (QED) is 0.533. The number of likely N-dealkylation sites (tertiary alicyclic amines) is 2. The summed E-state index contributed by atoms with van der Waals surface area (Å²) >= 11 is 0. The number of piperidine rings is 2. The van der Waals surface area contributed by atoms with Crippen molar-refractivity contribution in [3.63, 3.8) is 0 Å². The predicted octanol–water partition coefficient (Wildman–Crippen LogP) is 0.590. The first-order valence-electron chi connectivity index (χ1n) is 9.39. The summed E-state index contributed by atoms with van der Waals surface area (Å²) in [7, 11) is 0. The standard InChI is InChI=1S/C18H28N2O6/c1-3-25-17(23)13-7-5-9-19(11-13)15(21)16(22)20-10-6-8-14(12-20)18(24)26-4-2/h13-14H,3-12H2,1-2H3. The van der Waals surface area contributed by atoms with Crippen molar-refractivity contribution in [2.24, 2.45) is 11.8 Å². The average molecular weight is 368 g/mol. The molecule has 0 aromatic heterocycles. The minimum Gasteiger partial charge on any atom is -0.466 e. The maximum Gasteiger partial charge on any atom is 0.312 e. The molecule has 2 atom stereocenters. The van der Waals surface area contributed by atoms with E-state index in [1.165, 1.54) is 9.80 Å². The van der Waals surface area contributed by atoms with Crippen LogP contribution in [-0.4, -0.2) is 72.9 Å². The van der Waals surface area contributed by atoms with Gasteiger partial charge in [-0.05, 0) is 39.5 Å². The van der Waals surface area contributed by atoms with Gasteiger partial charge in [-0.3, -0.25) is 19.2 Å². The smallest absolute Gasteiger partial charge is 0.312 e. The van der Waals surface area contributed by atoms with Gasteiger partial charge < -0.3 is 19.3 Å². The maximum absolute atomic E-state index is 12.6. The number of amides is 2. The monoisotopic (exact) mass is 368 g/mol. The van der Waals surface area contributed by atoms with Crippen molar-refractivity contribution in [3.8, 4) is 0 Å². The minimum absolute atomic E-state index is 0.207.